The Morgan fingerprint density at radius 3 is 2.52 bits per heavy atom. The Morgan fingerprint density at radius 1 is 1.08 bits per heavy atom. The molecule has 0 unspecified atom stereocenters. The molecule has 0 radical (unpaired) electrons. The summed E-state index contributed by atoms with van der Waals surface area (Å²) in [5.74, 6) is -0.973. The van der Waals surface area contributed by atoms with Gasteiger partial charge in [-0.05, 0) is 54.1 Å². The van der Waals surface area contributed by atoms with Crippen LogP contribution in [0.1, 0.15) is 21.6 Å². The number of nitriles is 1. The molecular formula is C20H13BrN2O2. The monoisotopic (exact) mass is 392 g/mol. The van der Waals surface area contributed by atoms with E-state index in [1.807, 2.05) is 53.2 Å². The number of carboxylic acid groups (broad SMARTS) is 1. The first-order valence-electron chi connectivity index (χ1n) is 7.47. The van der Waals surface area contributed by atoms with E-state index in [1.165, 1.54) is 0 Å². The van der Waals surface area contributed by atoms with Gasteiger partial charge in [0.05, 0.1) is 17.2 Å². The van der Waals surface area contributed by atoms with Gasteiger partial charge in [-0.2, -0.15) is 5.26 Å². The van der Waals surface area contributed by atoms with Gasteiger partial charge in [-0.25, -0.2) is 4.79 Å². The molecule has 122 valence electrons. The first-order valence-corrected chi connectivity index (χ1v) is 8.26. The number of rotatable bonds is 4. The molecule has 4 nitrogen and oxygen atoms in total. The summed E-state index contributed by atoms with van der Waals surface area (Å²) in [4.78, 5) is 11.2. The Hall–Kier alpha value is -3.10. The average molecular weight is 393 g/mol. The van der Waals surface area contributed by atoms with Crippen LogP contribution in [0.5, 0.6) is 0 Å². The van der Waals surface area contributed by atoms with Gasteiger partial charge in [0.2, 0.25) is 0 Å². The molecule has 1 aromatic heterocycles. The number of allylic oxidation sites excluding steroid dienone is 1. The molecular weight excluding hydrogens is 380 g/mol. The van der Waals surface area contributed by atoms with Crippen molar-refractivity contribution in [1.82, 2.24) is 4.57 Å². The molecule has 0 spiro atoms. The fourth-order valence-electron chi connectivity index (χ4n) is 2.49. The Morgan fingerprint density at radius 2 is 1.84 bits per heavy atom. The lowest BCUT2D eigenvalue weighted by molar-refractivity contribution is 0.0697. The lowest BCUT2D eigenvalue weighted by atomic mass is 10.1. The number of aromatic carboxylic acids is 1. The molecule has 3 aromatic rings. The van der Waals surface area contributed by atoms with Crippen LogP contribution < -0.4 is 0 Å². The van der Waals surface area contributed by atoms with Gasteiger partial charge in [0.25, 0.3) is 0 Å². The van der Waals surface area contributed by atoms with E-state index >= 15 is 0 Å². The van der Waals surface area contributed by atoms with E-state index in [2.05, 4.69) is 22.0 Å². The lowest BCUT2D eigenvalue weighted by Crippen LogP contribution is -2.00. The summed E-state index contributed by atoms with van der Waals surface area (Å²) in [7, 11) is 0. The summed E-state index contributed by atoms with van der Waals surface area (Å²) >= 11 is 3.38. The largest absolute Gasteiger partial charge is 0.478 e. The van der Waals surface area contributed by atoms with Crippen LogP contribution in [0, 0.1) is 11.3 Å². The van der Waals surface area contributed by atoms with E-state index in [4.69, 9.17) is 5.11 Å². The van der Waals surface area contributed by atoms with E-state index in [0.29, 0.717) is 5.57 Å². The minimum Gasteiger partial charge on any atom is -0.478 e. The van der Waals surface area contributed by atoms with Gasteiger partial charge in [-0.15, -0.1) is 0 Å². The average Bonchev–Trinajstić information content (AvgIpc) is 3.09. The number of hydrogen-bond donors (Lipinski definition) is 1. The van der Waals surface area contributed by atoms with Gasteiger partial charge in [0.1, 0.15) is 0 Å². The zero-order valence-electron chi connectivity index (χ0n) is 13.1. The smallest absolute Gasteiger partial charge is 0.335 e. The Balaban J connectivity index is 2.04. The molecule has 0 aliphatic heterocycles. The molecule has 1 heterocycles. The molecule has 2 aromatic carbocycles. The molecule has 0 atom stereocenters. The van der Waals surface area contributed by atoms with E-state index < -0.39 is 5.97 Å². The standard InChI is InChI=1S/C20H13BrN2O2/c21-17-8-6-14(7-9-17)16(13-22)12-19-5-2-10-23(19)18-4-1-3-15(11-18)20(24)25/h1-12H,(H,24,25)/b16-12-. The van der Waals surface area contributed by atoms with Crippen molar-refractivity contribution in [2.75, 3.05) is 0 Å². The minimum absolute atomic E-state index is 0.217. The number of nitrogens with zero attached hydrogens (tertiary/aromatic N) is 2. The maximum Gasteiger partial charge on any atom is 0.335 e. The first-order chi connectivity index (χ1) is 12.1. The van der Waals surface area contributed by atoms with Crippen LogP contribution in [0.25, 0.3) is 17.3 Å². The van der Waals surface area contributed by atoms with E-state index in [-0.39, 0.29) is 5.56 Å². The van der Waals surface area contributed by atoms with Gasteiger partial charge in [-0.3, -0.25) is 0 Å². The highest BCUT2D eigenvalue weighted by molar-refractivity contribution is 9.10. The van der Waals surface area contributed by atoms with Crippen LogP contribution in [-0.2, 0) is 0 Å². The molecule has 25 heavy (non-hydrogen) atoms. The van der Waals surface area contributed by atoms with Crippen molar-refractivity contribution >= 4 is 33.5 Å². The Bertz CT molecular complexity index is 995. The van der Waals surface area contributed by atoms with Crippen molar-refractivity contribution in [3.63, 3.8) is 0 Å². The zero-order valence-corrected chi connectivity index (χ0v) is 14.6. The van der Waals surface area contributed by atoms with Gasteiger partial charge < -0.3 is 9.67 Å². The number of carboxylic acids is 1. The highest BCUT2D eigenvalue weighted by Gasteiger charge is 2.08. The van der Waals surface area contributed by atoms with Gasteiger partial charge in [-0.1, -0.05) is 34.1 Å². The van der Waals surface area contributed by atoms with Crippen LogP contribution in [-0.4, -0.2) is 15.6 Å². The SMILES string of the molecule is N#C/C(=C/c1cccn1-c1cccc(C(=O)O)c1)c1ccc(Br)cc1. The number of benzene rings is 2. The summed E-state index contributed by atoms with van der Waals surface area (Å²) < 4.78 is 2.80. The van der Waals surface area contributed by atoms with Gasteiger partial charge in [0, 0.05) is 22.1 Å². The van der Waals surface area contributed by atoms with E-state index in [0.717, 1.165) is 21.4 Å². The Kier molecular flexibility index (Phi) is 4.82. The van der Waals surface area contributed by atoms with Crippen molar-refractivity contribution in [3.05, 3.63) is 88.2 Å². The summed E-state index contributed by atoms with van der Waals surface area (Å²) in [5.41, 5.74) is 3.08. The molecule has 0 aliphatic carbocycles. The van der Waals surface area contributed by atoms with Crippen LogP contribution in [0.15, 0.2) is 71.3 Å². The Labute approximate surface area is 153 Å². The maximum atomic E-state index is 11.2. The molecule has 0 fully saturated rings. The summed E-state index contributed by atoms with van der Waals surface area (Å²) in [5, 5.41) is 18.7. The lowest BCUT2D eigenvalue weighted by Gasteiger charge is -2.08. The third kappa shape index (κ3) is 3.70. The molecule has 0 saturated carbocycles. The van der Waals surface area contributed by atoms with Crippen molar-refractivity contribution in [2.45, 2.75) is 0 Å². The molecule has 0 amide bonds. The van der Waals surface area contributed by atoms with Crippen LogP contribution in [0.4, 0.5) is 0 Å². The van der Waals surface area contributed by atoms with Crippen molar-refractivity contribution in [1.29, 1.82) is 5.26 Å². The predicted octanol–water partition coefficient (Wildman–Crippen LogP) is 5.00. The highest BCUT2D eigenvalue weighted by atomic mass is 79.9. The minimum atomic E-state index is -0.973. The normalized spacial score (nSPS) is 11.1. The van der Waals surface area contributed by atoms with Crippen LogP contribution in [0.3, 0.4) is 0 Å². The van der Waals surface area contributed by atoms with E-state index in [9.17, 15) is 10.1 Å². The molecule has 0 aliphatic rings. The number of aromatic nitrogens is 1. The second kappa shape index (κ2) is 7.20. The van der Waals surface area contributed by atoms with Crippen molar-refractivity contribution in [2.24, 2.45) is 0 Å². The molecule has 5 heteroatoms. The highest BCUT2D eigenvalue weighted by Crippen LogP contribution is 2.22. The predicted molar refractivity (Wildman–Crippen MR) is 100 cm³/mol. The van der Waals surface area contributed by atoms with Crippen molar-refractivity contribution < 1.29 is 9.90 Å². The number of hydrogen-bond acceptors (Lipinski definition) is 2. The fourth-order valence-corrected chi connectivity index (χ4v) is 2.76. The van der Waals surface area contributed by atoms with Crippen LogP contribution in [0.2, 0.25) is 0 Å². The van der Waals surface area contributed by atoms with Crippen molar-refractivity contribution in [3.8, 4) is 11.8 Å². The molecule has 1 N–H and O–H groups in total. The molecule has 3 rings (SSSR count). The summed E-state index contributed by atoms with van der Waals surface area (Å²) in [6.07, 6.45) is 3.63. The second-order valence-corrected chi connectivity index (χ2v) is 6.25. The molecule has 0 bridgehead atoms. The van der Waals surface area contributed by atoms with Crippen LogP contribution >= 0.6 is 15.9 Å². The van der Waals surface area contributed by atoms with Gasteiger partial charge >= 0.3 is 5.97 Å². The van der Waals surface area contributed by atoms with Gasteiger partial charge in [0.15, 0.2) is 0 Å². The molecule has 0 saturated heterocycles. The van der Waals surface area contributed by atoms with E-state index in [1.54, 1.807) is 24.3 Å². The topological polar surface area (TPSA) is 66.0 Å². The number of halogens is 1. The third-order valence-electron chi connectivity index (χ3n) is 3.72. The zero-order chi connectivity index (χ0) is 17.8. The second-order valence-electron chi connectivity index (χ2n) is 5.34. The summed E-state index contributed by atoms with van der Waals surface area (Å²) in [6, 6.07) is 20.2. The number of carbonyl (C=O) groups is 1. The maximum absolute atomic E-state index is 11.2. The summed E-state index contributed by atoms with van der Waals surface area (Å²) in [6.45, 7) is 0. The third-order valence-corrected chi connectivity index (χ3v) is 4.25. The fraction of sp³-hybridized carbons (Fsp3) is 0. The quantitative estimate of drug-likeness (QED) is 0.635. The first kappa shape index (κ1) is 16.7.